The third kappa shape index (κ3) is 1.91. The number of nitrogens with one attached hydrogen (secondary N) is 2. The van der Waals surface area contributed by atoms with Crippen molar-refractivity contribution in [1.82, 2.24) is 15.5 Å². The van der Waals surface area contributed by atoms with Gasteiger partial charge in [0.25, 0.3) is 0 Å². The van der Waals surface area contributed by atoms with Crippen LogP contribution in [0.4, 0.5) is 0 Å². The molecule has 2 heterocycles. The Labute approximate surface area is 85.0 Å². The molecule has 0 radical (unpaired) electrons. The largest absolute Gasteiger partial charge is 0.338 e. The van der Waals surface area contributed by atoms with Gasteiger partial charge in [-0.25, -0.2) is 0 Å². The summed E-state index contributed by atoms with van der Waals surface area (Å²) in [6.45, 7) is 6.95. The fourth-order valence-electron chi connectivity index (χ4n) is 2.23. The third-order valence-electron chi connectivity index (χ3n) is 2.99. The monoisotopic (exact) mass is 197 g/mol. The fourth-order valence-corrected chi connectivity index (χ4v) is 2.23. The third-order valence-corrected chi connectivity index (χ3v) is 2.99. The summed E-state index contributed by atoms with van der Waals surface area (Å²) in [6.07, 6.45) is 1.01. The quantitative estimate of drug-likeness (QED) is 0.599. The van der Waals surface area contributed by atoms with E-state index in [4.69, 9.17) is 0 Å². The van der Waals surface area contributed by atoms with Crippen molar-refractivity contribution in [3.8, 4) is 0 Å². The van der Waals surface area contributed by atoms with Gasteiger partial charge < -0.3 is 15.5 Å². The molecule has 0 aromatic heterocycles. The first-order chi connectivity index (χ1) is 6.66. The first-order valence-electron chi connectivity index (χ1n) is 5.45. The van der Waals surface area contributed by atoms with Crippen LogP contribution in [-0.4, -0.2) is 48.6 Å². The molecule has 2 rings (SSSR count). The molecule has 2 aliphatic rings. The lowest BCUT2D eigenvalue weighted by atomic mass is 10.0. The van der Waals surface area contributed by atoms with Gasteiger partial charge in [-0.3, -0.25) is 4.79 Å². The smallest absolute Gasteiger partial charge is 0.239 e. The molecule has 0 aromatic rings. The standard InChI is InChI=1S/C10H19N3O/c1-7-5-13(6-8(2)12-7)10(14)9-3-4-11-9/h7-9,11-12H,3-6H2,1-2H3/t7?,8?,9-/m1/s1. The van der Waals surface area contributed by atoms with E-state index in [9.17, 15) is 4.79 Å². The van der Waals surface area contributed by atoms with E-state index in [1.165, 1.54) is 0 Å². The zero-order chi connectivity index (χ0) is 10.1. The Hall–Kier alpha value is -0.610. The summed E-state index contributed by atoms with van der Waals surface area (Å²) in [5.41, 5.74) is 0. The van der Waals surface area contributed by atoms with E-state index in [1.807, 2.05) is 4.90 Å². The number of amides is 1. The highest BCUT2D eigenvalue weighted by atomic mass is 16.2. The molecule has 3 atom stereocenters. The highest BCUT2D eigenvalue weighted by Gasteiger charge is 2.32. The zero-order valence-electron chi connectivity index (χ0n) is 8.92. The van der Waals surface area contributed by atoms with Crippen LogP contribution in [0.2, 0.25) is 0 Å². The average Bonchev–Trinajstić information content (AvgIpc) is 1.98. The number of carbonyl (C=O) groups excluding carboxylic acids is 1. The fraction of sp³-hybridized carbons (Fsp3) is 0.900. The summed E-state index contributed by atoms with van der Waals surface area (Å²) < 4.78 is 0. The molecular weight excluding hydrogens is 178 g/mol. The van der Waals surface area contributed by atoms with E-state index in [2.05, 4.69) is 24.5 Å². The van der Waals surface area contributed by atoms with Crippen LogP contribution in [0.15, 0.2) is 0 Å². The van der Waals surface area contributed by atoms with E-state index in [0.29, 0.717) is 12.1 Å². The summed E-state index contributed by atoms with van der Waals surface area (Å²) in [7, 11) is 0. The van der Waals surface area contributed by atoms with Crippen molar-refractivity contribution < 1.29 is 4.79 Å². The summed E-state index contributed by atoms with van der Waals surface area (Å²) in [5.74, 6) is 0.288. The number of piperazine rings is 1. The summed E-state index contributed by atoms with van der Waals surface area (Å²) in [6, 6.07) is 0.943. The first kappa shape index (κ1) is 9.93. The van der Waals surface area contributed by atoms with E-state index < -0.39 is 0 Å². The average molecular weight is 197 g/mol. The van der Waals surface area contributed by atoms with Crippen molar-refractivity contribution >= 4 is 5.91 Å². The SMILES string of the molecule is CC1CN(C(=O)[C@H]2CCN2)CC(C)N1. The van der Waals surface area contributed by atoms with Crippen LogP contribution in [-0.2, 0) is 4.79 Å². The lowest BCUT2D eigenvalue weighted by molar-refractivity contribution is -0.137. The second kappa shape index (κ2) is 3.87. The normalized spacial score (nSPS) is 37.9. The van der Waals surface area contributed by atoms with Gasteiger partial charge in [0, 0.05) is 25.2 Å². The van der Waals surface area contributed by atoms with Crippen molar-refractivity contribution in [2.45, 2.75) is 38.4 Å². The van der Waals surface area contributed by atoms with Gasteiger partial charge in [-0.05, 0) is 26.8 Å². The van der Waals surface area contributed by atoms with Gasteiger partial charge in [-0.1, -0.05) is 0 Å². The molecule has 4 heteroatoms. The van der Waals surface area contributed by atoms with E-state index >= 15 is 0 Å². The lowest BCUT2D eigenvalue weighted by Crippen LogP contribution is -2.61. The van der Waals surface area contributed by atoms with Crippen LogP contribution >= 0.6 is 0 Å². The number of hydrogen-bond donors (Lipinski definition) is 2. The van der Waals surface area contributed by atoms with Crippen molar-refractivity contribution in [2.75, 3.05) is 19.6 Å². The Morgan fingerprint density at radius 1 is 1.29 bits per heavy atom. The molecule has 4 nitrogen and oxygen atoms in total. The molecule has 0 aliphatic carbocycles. The molecule has 2 aliphatic heterocycles. The minimum atomic E-state index is 0.104. The Bertz CT molecular complexity index is 217. The van der Waals surface area contributed by atoms with Crippen LogP contribution in [0.5, 0.6) is 0 Å². The zero-order valence-corrected chi connectivity index (χ0v) is 8.92. The van der Waals surface area contributed by atoms with Gasteiger partial charge in [-0.15, -0.1) is 0 Å². The molecule has 0 bridgehead atoms. The number of hydrogen-bond acceptors (Lipinski definition) is 3. The summed E-state index contributed by atoms with van der Waals surface area (Å²) in [5, 5.41) is 6.59. The number of rotatable bonds is 1. The van der Waals surface area contributed by atoms with Gasteiger partial charge in [0.05, 0.1) is 6.04 Å². The topological polar surface area (TPSA) is 44.4 Å². The van der Waals surface area contributed by atoms with Crippen LogP contribution in [0.1, 0.15) is 20.3 Å². The molecule has 0 saturated carbocycles. The maximum atomic E-state index is 11.9. The Kier molecular flexibility index (Phi) is 2.74. The van der Waals surface area contributed by atoms with Crippen LogP contribution in [0.3, 0.4) is 0 Å². The molecular formula is C10H19N3O. The van der Waals surface area contributed by atoms with Crippen molar-refractivity contribution in [2.24, 2.45) is 0 Å². The maximum Gasteiger partial charge on any atom is 0.239 e. The van der Waals surface area contributed by atoms with Gasteiger partial charge in [-0.2, -0.15) is 0 Å². The Balaban J connectivity index is 1.92. The molecule has 14 heavy (non-hydrogen) atoms. The van der Waals surface area contributed by atoms with E-state index in [0.717, 1.165) is 26.1 Å². The minimum absolute atomic E-state index is 0.104. The predicted molar refractivity (Wildman–Crippen MR) is 55.0 cm³/mol. The predicted octanol–water partition coefficient (Wildman–Crippen LogP) is -0.443. The van der Waals surface area contributed by atoms with Crippen molar-refractivity contribution in [1.29, 1.82) is 0 Å². The van der Waals surface area contributed by atoms with Gasteiger partial charge >= 0.3 is 0 Å². The summed E-state index contributed by atoms with van der Waals surface area (Å²) in [4.78, 5) is 13.9. The summed E-state index contributed by atoms with van der Waals surface area (Å²) >= 11 is 0. The number of carbonyl (C=O) groups is 1. The van der Waals surface area contributed by atoms with Crippen LogP contribution in [0.25, 0.3) is 0 Å². The second-order valence-electron chi connectivity index (χ2n) is 4.51. The molecule has 1 amide bonds. The molecule has 80 valence electrons. The number of nitrogens with zero attached hydrogens (tertiary/aromatic N) is 1. The van der Waals surface area contributed by atoms with Gasteiger partial charge in [0.15, 0.2) is 0 Å². The lowest BCUT2D eigenvalue weighted by Gasteiger charge is -2.39. The van der Waals surface area contributed by atoms with Crippen LogP contribution in [0, 0.1) is 0 Å². The Morgan fingerprint density at radius 3 is 2.29 bits per heavy atom. The maximum absolute atomic E-state index is 11.9. The molecule has 0 spiro atoms. The first-order valence-corrected chi connectivity index (χ1v) is 5.45. The molecule has 2 N–H and O–H groups in total. The van der Waals surface area contributed by atoms with Crippen LogP contribution < -0.4 is 10.6 Å². The highest BCUT2D eigenvalue weighted by Crippen LogP contribution is 2.11. The molecule has 2 unspecified atom stereocenters. The van der Waals surface area contributed by atoms with E-state index in [-0.39, 0.29) is 11.9 Å². The van der Waals surface area contributed by atoms with Crippen molar-refractivity contribution in [3.05, 3.63) is 0 Å². The minimum Gasteiger partial charge on any atom is -0.338 e. The van der Waals surface area contributed by atoms with Crippen molar-refractivity contribution in [3.63, 3.8) is 0 Å². The van der Waals surface area contributed by atoms with E-state index in [1.54, 1.807) is 0 Å². The highest BCUT2D eigenvalue weighted by molar-refractivity contribution is 5.83. The van der Waals surface area contributed by atoms with Gasteiger partial charge in [0.1, 0.15) is 0 Å². The molecule has 2 saturated heterocycles. The van der Waals surface area contributed by atoms with Gasteiger partial charge in [0.2, 0.25) is 5.91 Å². The second-order valence-corrected chi connectivity index (χ2v) is 4.51. The Morgan fingerprint density at radius 2 is 1.86 bits per heavy atom. The molecule has 0 aromatic carbocycles. The molecule has 2 fully saturated rings.